The van der Waals surface area contributed by atoms with Crippen molar-refractivity contribution in [2.24, 2.45) is 5.84 Å². The van der Waals surface area contributed by atoms with Crippen molar-refractivity contribution < 1.29 is 0 Å². The van der Waals surface area contributed by atoms with Crippen molar-refractivity contribution in [1.29, 1.82) is 0 Å². The van der Waals surface area contributed by atoms with E-state index in [2.05, 4.69) is 35.5 Å². The summed E-state index contributed by atoms with van der Waals surface area (Å²) < 4.78 is 0. The fourth-order valence-corrected chi connectivity index (χ4v) is 2.20. The minimum absolute atomic E-state index is 0.183. The quantitative estimate of drug-likeness (QED) is 0.561. The van der Waals surface area contributed by atoms with E-state index in [1.807, 2.05) is 18.2 Å². The van der Waals surface area contributed by atoms with Crippen molar-refractivity contribution in [2.45, 2.75) is 25.8 Å². The highest BCUT2D eigenvalue weighted by Crippen LogP contribution is 2.13. The molecule has 1 aromatic carbocycles. The first-order valence-corrected chi connectivity index (χ1v) is 6.40. The lowest BCUT2D eigenvalue weighted by atomic mass is 9.97. The van der Waals surface area contributed by atoms with E-state index >= 15 is 0 Å². The molecule has 19 heavy (non-hydrogen) atoms. The third-order valence-corrected chi connectivity index (χ3v) is 3.29. The molecule has 1 aromatic heterocycles. The minimum atomic E-state index is 0.183. The molecule has 0 amide bonds. The molecular formula is C15H20N4. The van der Waals surface area contributed by atoms with E-state index in [1.165, 1.54) is 11.1 Å². The number of nitrogens with two attached hydrogens (primary N) is 2. The van der Waals surface area contributed by atoms with Crippen LogP contribution < -0.4 is 17.0 Å². The Labute approximate surface area is 113 Å². The number of hydrogen-bond acceptors (Lipinski definition) is 4. The Bertz CT molecular complexity index is 539. The van der Waals surface area contributed by atoms with Gasteiger partial charge in [-0.25, -0.2) is 4.98 Å². The lowest BCUT2D eigenvalue weighted by molar-refractivity contribution is 0.521. The summed E-state index contributed by atoms with van der Waals surface area (Å²) in [4.78, 5) is 4.00. The highest BCUT2D eigenvalue weighted by atomic mass is 15.2. The van der Waals surface area contributed by atoms with Gasteiger partial charge in [0.25, 0.3) is 0 Å². The number of hydrazine groups is 1. The van der Waals surface area contributed by atoms with Crippen LogP contribution in [0.5, 0.6) is 0 Å². The number of hydrogen-bond donors (Lipinski definition) is 3. The lowest BCUT2D eigenvalue weighted by Gasteiger charge is -2.17. The molecule has 4 nitrogen and oxygen atoms in total. The van der Waals surface area contributed by atoms with Gasteiger partial charge in [-0.3, -0.25) is 11.3 Å². The molecule has 1 atom stereocenters. The van der Waals surface area contributed by atoms with E-state index in [4.69, 9.17) is 11.6 Å². The van der Waals surface area contributed by atoms with E-state index < -0.39 is 0 Å². The molecule has 2 rings (SSSR count). The zero-order valence-corrected chi connectivity index (χ0v) is 11.1. The summed E-state index contributed by atoms with van der Waals surface area (Å²) in [7, 11) is 0. The first-order valence-electron chi connectivity index (χ1n) is 6.40. The second kappa shape index (κ2) is 6.31. The molecule has 0 radical (unpaired) electrons. The monoisotopic (exact) mass is 256 g/mol. The number of nitrogen functional groups attached to an aromatic ring is 1. The molecule has 2 aromatic rings. The van der Waals surface area contributed by atoms with E-state index in [0.717, 1.165) is 18.4 Å². The van der Waals surface area contributed by atoms with E-state index in [1.54, 1.807) is 6.20 Å². The Balaban J connectivity index is 2.07. The molecule has 0 saturated carbocycles. The van der Waals surface area contributed by atoms with Crippen LogP contribution in [0.15, 0.2) is 42.6 Å². The highest BCUT2D eigenvalue weighted by Gasteiger charge is 2.10. The molecule has 4 heteroatoms. The van der Waals surface area contributed by atoms with Gasteiger partial charge >= 0.3 is 0 Å². The van der Waals surface area contributed by atoms with Crippen LogP contribution >= 0.6 is 0 Å². The fraction of sp³-hybridized carbons (Fsp3) is 0.267. The van der Waals surface area contributed by atoms with Crippen molar-refractivity contribution >= 4 is 5.82 Å². The van der Waals surface area contributed by atoms with Crippen LogP contribution in [0.4, 0.5) is 5.82 Å². The molecule has 0 aliphatic carbocycles. The smallest absolute Gasteiger partial charge is 0.123 e. The van der Waals surface area contributed by atoms with Gasteiger partial charge in [0, 0.05) is 12.2 Å². The first-order chi connectivity index (χ1) is 9.19. The minimum Gasteiger partial charge on any atom is -0.384 e. The largest absolute Gasteiger partial charge is 0.384 e. The van der Waals surface area contributed by atoms with Crippen LogP contribution in [-0.4, -0.2) is 11.0 Å². The van der Waals surface area contributed by atoms with Gasteiger partial charge < -0.3 is 5.73 Å². The van der Waals surface area contributed by atoms with Gasteiger partial charge in [-0.2, -0.15) is 0 Å². The van der Waals surface area contributed by atoms with Gasteiger partial charge in [0.05, 0.1) is 0 Å². The topological polar surface area (TPSA) is 77.0 Å². The molecule has 1 unspecified atom stereocenters. The summed E-state index contributed by atoms with van der Waals surface area (Å²) in [6, 6.07) is 12.4. The van der Waals surface area contributed by atoms with Gasteiger partial charge in [-0.1, -0.05) is 24.3 Å². The SMILES string of the molecule is Cc1ccccc1CC(Cc1ccnc(N)c1)NN. The normalized spacial score (nSPS) is 12.3. The Hall–Kier alpha value is -1.91. The maximum Gasteiger partial charge on any atom is 0.123 e. The fourth-order valence-electron chi connectivity index (χ4n) is 2.20. The van der Waals surface area contributed by atoms with Gasteiger partial charge in [0.15, 0.2) is 0 Å². The number of nitrogens with zero attached hydrogens (tertiary/aromatic N) is 1. The predicted octanol–water partition coefficient (Wildman–Crippen LogP) is 1.59. The van der Waals surface area contributed by atoms with Crippen molar-refractivity contribution in [3.05, 3.63) is 59.3 Å². The molecule has 0 aliphatic rings. The Kier molecular flexibility index (Phi) is 4.49. The second-order valence-corrected chi connectivity index (χ2v) is 4.79. The van der Waals surface area contributed by atoms with Crippen molar-refractivity contribution in [2.75, 3.05) is 5.73 Å². The third kappa shape index (κ3) is 3.77. The summed E-state index contributed by atoms with van der Waals surface area (Å²) in [6.45, 7) is 2.12. The molecule has 0 saturated heterocycles. The molecule has 1 heterocycles. The van der Waals surface area contributed by atoms with Crippen LogP contribution in [0.1, 0.15) is 16.7 Å². The van der Waals surface area contributed by atoms with Crippen LogP contribution in [0, 0.1) is 6.92 Å². The maximum atomic E-state index is 5.69. The zero-order valence-electron chi connectivity index (χ0n) is 11.1. The number of aromatic nitrogens is 1. The predicted molar refractivity (Wildman–Crippen MR) is 78.3 cm³/mol. The van der Waals surface area contributed by atoms with Crippen molar-refractivity contribution in [3.8, 4) is 0 Å². The average molecular weight is 256 g/mol. The number of nitrogens with one attached hydrogen (secondary N) is 1. The number of anilines is 1. The number of pyridine rings is 1. The maximum absolute atomic E-state index is 5.69. The summed E-state index contributed by atoms with van der Waals surface area (Å²) in [5, 5.41) is 0. The van der Waals surface area contributed by atoms with Crippen LogP contribution in [-0.2, 0) is 12.8 Å². The number of benzene rings is 1. The van der Waals surface area contributed by atoms with Crippen LogP contribution in [0.3, 0.4) is 0 Å². The summed E-state index contributed by atoms with van der Waals surface area (Å²) >= 11 is 0. The lowest BCUT2D eigenvalue weighted by Crippen LogP contribution is -2.38. The molecule has 0 spiro atoms. The first kappa shape index (κ1) is 13.5. The molecular weight excluding hydrogens is 236 g/mol. The van der Waals surface area contributed by atoms with E-state index in [9.17, 15) is 0 Å². The third-order valence-electron chi connectivity index (χ3n) is 3.29. The van der Waals surface area contributed by atoms with Gasteiger partial charge in [0.1, 0.15) is 5.82 Å². The summed E-state index contributed by atoms with van der Waals surface area (Å²) in [5.41, 5.74) is 12.3. The standard InChI is InChI=1S/C15H20N4/c1-11-4-2-3-5-13(11)10-14(19-17)8-12-6-7-18-15(16)9-12/h2-7,9,14,19H,8,10,17H2,1H3,(H2,16,18). The Morgan fingerprint density at radius 2 is 2.00 bits per heavy atom. The van der Waals surface area contributed by atoms with Gasteiger partial charge in [0.2, 0.25) is 0 Å². The van der Waals surface area contributed by atoms with Crippen LogP contribution in [0.2, 0.25) is 0 Å². The number of aryl methyl sites for hydroxylation is 1. The summed E-state index contributed by atoms with van der Waals surface area (Å²) in [5.74, 6) is 6.21. The molecule has 100 valence electrons. The Morgan fingerprint density at radius 1 is 1.21 bits per heavy atom. The summed E-state index contributed by atoms with van der Waals surface area (Å²) in [6.07, 6.45) is 3.45. The Morgan fingerprint density at radius 3 is 2.68 bits per heavy atom. The molecule has 0 fully saturated rings. The van der Waals surface area contributed by atoms with E-state index in [0.29, 0.717) is 5.82 Å². The number of rotatable bonds is 5. The second-order valence-electron chi connectivity index (χ2n) is 4.79. The van der Waals surface area contributed by atoms with Crippen molar-refractivity contribution in [1.82, 2.24) is 10.4 Å². The van der Waals surface area contributed by atoms with Gasteiger partial charge in [-0.15, -0.1) is 0 Å². The van der Waals surface area contributed by atoms with Crippen LogP contribution in [0.25, 0.3) is 0 Å². The average Bonchev–Trinajstić information content (AvgIpc) is 2.40. The van der Waals surface area contributed by atoms with Crippen molar-refractivity contribution in [3.63, 3.8) is 0 Å². The highest BCUT2D eigenvalue weighted by molar-refractivity contribution is 5.33. The van der Waals surface area contributed by atoms with Gasteiger partial charge in [-0.05, 0) is 48.6 Å². The van der Waals surface area contributed by atoms with E-state index in [-0.39, 0.29) is 6.04 Å². The molecule has 0 bridgehead atoms. The zero-order chi connectivity index (χ0) is 13.7. The molecule has 0 aliphatic heterocycles. The molecule has 5 N–H and O–H groups in total.